The molecular weight excluding hydrogens is 219 g/mol. The molecule has 0 aliphatic carbocycles. The van der Waals surface area contributed by atoms with Crippen molar-refractivity contribution in [3.8, 4) is 0 Å². The second-order valence-electron chi connectivity index (χ2n) is 3.45. The van der Waals surface area contributed by atoms with Crippen molar-refractivity contribution in [2.24, 2.45) is 5.73 Å². The molecule has 0 fully saturated rings. The summed E-state index contributed by atoms with van der Waals surface area (Å²) in [7, 11) is 0. The van der Waals surface area contributed by atoms with Crippen LogP contribution in [0.15, 0.2) is 24.3 Å². The molecule has 1 rings (SSSR count). The van der Waals surface area contributed by atoms with E-state index in [4.69, 9.17) is 5.73 Å². The monoisotopic (exact) mass is 231 g/mol. The smallest absolute Gasteiger partial charge is 0.369 e. The fourth-order valence-corrected chi connectivity index (χ4v) is 1.63. The predicted octanol–water partition coefficient (Wildman–Crippen LogP) is 2.68. The summed E-state index contributed by atoms with van der Waals surface area (Å²) in [5, 5.41) is 0. The van der Waals surface area contributed by atoms with E-state index >= 15 is 0 Å². The second kappa shape index (κ2) is 4.55. The van der Waals surface area contributed by atoms with Gasteiger partial charge in [-0.1, -0.05) is 25.1 Å². The number of hydrogen-bond acceptors (Lipinski definition) is 1. The summed E-state index contributed by atoms with van der Waals surface area (Å²) < 4.78 is 38.0. The summed E-state index contributed by atoms with van der Waals surface area (Å²) in [6, 6.07) is 5.01. The maximum atomic E-state index is 12.7. The number of nitrogens with two attached hydrogens (primary N) is 1. The van der Waals surface area contributed by atoms with Crippen LogP contribution in [0.1, 0.15) is 30.4 Å². The summed E-state index contributed by atoms with van der Waals surface area (Å²) in [6.07, 6.45) is -4.21. The van der Waals surface area contributed by atoms with Crippen LogP contribution in [-0.2, 0) is 11.0 Å². The van der Waals surface area contributed by atoms with Gasteiger partial charge in [0.25, 0.3) is 0 Å². The third-order valence-corrected chi connectivity index (χ3v) is 2.39. The van der Waals surface area contributed by atoms with E-state index < -0.39 is 23.6 Å². The molecule has 2 nitrogen and oxygen atoms in total. The van der Waals surface area contributed by atoms with Gasteiger partial charge in [-0.2, -0.15) is 13.2 Å². The first-order valence-corrected chi connectivity index (χ1v) is 4.83. The van der Waals surface area contributed by atoms with Crippen LogP contribution in [0.3, 0.4) is 0 Å². The SMILES string of the molecule is CCC(C(N)=O)c1ccccc1C(F)(F)F. The van der Waals surface area contributed by atoms with Crippen LogP contribution < -0.4 is 5.73 Å². The number of alkyl halides is 3. The third-order valence-electron chi connectivity index (χ3n) is 2.39. The Kier molecular flexibility index (Phi) is 3.57. The largest absolute Gasteiger partial charge is 0.416 e. The molecule has 1 amide bonds. The zero-order valence-electron chi connectivity index (χ0n) is 8.71. The van der Waals surface area contributed by atoms with E-state index in [1.165, 1.54) is 18.2 Å². The van der Waals surface area contributed by atoms with Gasteiger partial charge in [0.15, 0.2) is 0 Å². The van der Waals surface area contributed by atoms with Crippen molar-refractivity contribution in [2.75, 3.05) is 0 Å². The zero-order valence-corrected chi connectivity index (χ0v) is 8.71. The van der Waals surface area contributed by atoms with E-state index in [9.17, 15) is 18.0 Å². The van der Waals surface area contributed by atoms with Gasteiger partial charge >= 0.3 is 6.18 Å². The number of rotatable bonds is 3. The Morgan fingerprint density at radius 1 is 1.38 bits per heavy atom. The van der Waals surface area contributed by atoms with Crippen molar-refractivity contribution < 1.29 is 18.0 Å². The topological polar surface area (TPSA) is 43.1 Å². The van der Waals surface area contributed by atoms with Gasteiger partial charge in [0.1, 0.15) is 0 Å². The summed E-state index contributed by atoms with van der Waals surface area (Å²) >= 11 is 0. The lowest BCUT2D eigenvalue weighted by atomic mass is 9.91. The number of primary amides is 1. The molecule has 88 valence electrons. The van der Waals surface area contributed by atoms with E-state index in [0.717, 1.165) is 6.07 Å². The van der Waals surface area contributed by atoms with Crippen molar-refractivity contribution in [1.82, 2.24) is 0 Å². The Hall–Kier alpha value is -1.52. The average Bonchev–Trinajstić information content (AvgIpc) is 2.17. The summed E-state index contributed by atoms with van der Waals surface area (Å²) in [5.74, 6) is -1.63. The highest BCUT2D eigenvalue weighted by molar-refractivity contribution is 5.82. The summed E-state index contributed by atoms with van der Waals surface area (Å²) in [4.78, 5) is 11.1. The molecule has 0 heterocycles. The maximum absolute atomic E-state index is 12.7. The first-order chi connectivity index (χ1) is 7.38. The van der Waals surface area contributed by atoms with Crippen molar-refractivity contribution >= 4 is 5.91 Å². The molecule has 0 radical (unpaired) electrons. The quantitative estimate of drug-likeness (QED) is 0.853. The molecule has 0 saturated heterocycles. The molecule has 0 spiro atoms. The number of carbonyl (C=O) groups excluding carboxylic acids is 1. The lowest BCUT2D eigenvalue weighted by Crippen LogP contribution is -2.23. The molecule has 0 bridgehead atoms. The molecular formula is C11H12F3NO. The molecule has 1 atom stereocenters. The molecule has 0 aliphatic rings. The van der Waals surface area contributed by atoms with Gasteiger partial charge in [0.05, 0.1) is 11.5 Å². The molecule has 16 heavy (non-hydrogen) atoms. The Bertz CT molecular complexity index is 387. The van der Waals surface area contributed by atoms with Crippen molar-refractivity contribution in [3.63, 3.8) is 0 Å². The highest BCUT2D eigenvalue weighted by Gasteiger charge is 2.35. The van der Waals surface area contributed by atoms with Crippen molar-refractivity contribution in [3.05, 3.63) is 35.4 Å². The molecule has 1 aromatic carbocycles. The molecule has 0 aromatic heterocycles. The summed E-state index contributed by atoms with van der Waals surface area (Å²) in [5.41, 5.74) is 4.24. The van der Waals surface area contributed by atoms with Gasteiger partial charge in [-0.3, -0.25) is 4.79 Å². The maximum Gasteiger partial charge on any atom is 0.416 e. The Morgan fingerprint density at radius 3 is 2.38 bits per heavy atom. The van der Waals surface area contributed by atoms with Crippen LogP contribution in [0.4, 0.5) is 13.2 Å². The first-order valence-electron chi connectivity index (χ1n) is 4.83. The normalized spacial score (nSPS) is 13.5. The minimum absolute atomic E-state index is 0.0509. The lowest BCUT2D eigenvalue weighted by Gasteiger charge is -2.17. The highest BCUT2D eigenvalue weighted by atomic mass is 19.4. The third kappa shape index (κ3) is 2.53. The van der Waals surface area contributed by atoms with Crippen LogP contribution in [0.25, 0.3) is 0 Å². The van der Waals surface area contributed by atoms with E-state index in [2.05, 4.69) is 0 Å². The minimum atomic E-state index is -4.46. The highest BCUT2D eigenvalue weighted by Crippen LogP contribution is 2.35. The van der Waals surface area contributed by atoms with Crippen molar-refractivity contribution in [2.45, 2.75) is 25.4 Å². The number of carbonyl (C=O) groups is 1. The fourth-order valence-electron chi connectivity index (χ4n) is 1.63. The van der Waals surface area contributed by atoms with Gasteiger partial charge in [-0.05, 0) is 18.1 Å². The zero-order chi connectivity index (χ0) is 12.3. The van der Waals surface area contributed by atoms with Crippen LogP contribution in [0, 0.1) is 0 Å². The van der Waals surface area contributed by atoms with E-state index in [-0.39, 0.29) is 12.0 Å². The van der Waals surface area contributed by atoms with Gasteiger partial charge < -0.3 is 5.73 Å². The Balaban J connectivity index is 3.27. The van der Waals surface area contributed by atoms with Gasteiger partial charge in [0.2, 0.25) is 5.91 Å². The molecule has 1 unspecified atom stereocenters. The number of hydrogen-bond donors (Lipinski definition) is 1. The molecule has 1 aromatic rings. The summed E-state index contributed by atoms with van der Waals surface area (Å²) in [6.45, 7) is 1.63. The Labute approximate surface area is 91.3 Å². The second-order valence-corrected chi connectivity index (χ2v) is 3.45. The van der Waals surface area contributed by atoms with E-state index in [0.29, 0.717) is 0 Å². The molecule has 2 N–H and O–H groups in total. The standard InChI is InChI=1S/C11H12F3NO/c1-2-7(10(15)16)8-5-3-4-6-9(8)11(12,13)14/h3-7H,2H2,1H3,(H2,15,16). The van der Waals surface area contributed by atoms with Gasteiger partial charge in [-0.25, -0.2) is 0 Å². The van der Waals surface area contributed by atoms with Crippen molar-refractivity contribution in [1.29, 1.82) is 0 Å². The van der Waals surface area contributed by atoms with Crippen LogP contribution in [0.5, 0.6) is 0 Å². The average molecular weight is 231 g/mol. The number of halogens is 3. The molecule has 5 heteroatoms. The molecule has 0 aliphatic heterocycles. The van der Waals surface area contributed by atoms with Crippen LogP contribution >= 0.6 is 0 Å². The fraction of sp³-hybridized carbons (Fsp3) is 0.364. The van der Waals surface area contributed by atoms with E-state index in [1.54, 1.807) is 6.92 Å². The lowest BCUT2D eigenvalue weighted by molar-refractivity contribution is -0.138. The van der Waals surface area contributed by atoms with E-state index in [1.807, 2.05) is 0 Å². The van der Waals surface area contributed by atoms with Crippen LogP contribution in [-0.4, -0.2) is 5.91 Å². The Morgan fingerprint density at radius 2 is 1.94 bits per heavy atom. The number of amides is 1. The first kappa shape index (κ1) is 12.5. The van der Waals surface area contributed by atoms with Gasteiger partial charge in [-0.15, -0.1) is 0 Å². The minimum Gasteiger partial charge on any atom is -0.369 e. The van der Waals surface area contributed by atoms with Gasteiger partial charge in [0, 0.05) is 0 Å². The molecule has 0 saturated carbocycles. The predicted molar refractivity (Wildman–Crippen MR) is 53.7 cm³/mol. The number of benzene rings is 1. The van der Waals surface area contributed by atoms with Crippen LogP contribution in [0.2, 0.25) is 0 Å².